The molecule has 1 atom stereocenters. The Morgan fingerprint density at radius 1 is 1.17 bits per heavy atom. The minimum atomic E-state index is -0.272. The fraction of sp³-hybridized carbons (Fsp3) is 0.261. The normalized spacial score (nSPS) is 16.0. The highest BCUT2D eigenvalue weighted by molar-refractivity contribution is 5.89. The molecule has 1 unspecified atom stereocenters. The van der Waals surface area contributed by atoms with E-state index in [4.69, 9.17) is 0 Å². The Morgan fingerprint density at radius 3 is 2.63 bits per heavy atom. The molecule has 0 saturated carbocycles. The average molecular weight is 401 g/mol. The van der Waals surface area contributed by atoms with Crippen molar-refractivity contribution < 1.29 is 9.59 Å². The Bertz CT molecular complexity index is 1070. The molecule has 3 heterocycles. The second kappa shape index (κ2) is 8.41. The number of hydrogen-bond donors (Lipinski definition) is 1. The Morgan fingerprint density at radius 2 is 1.97 bits per heavy atom. The lowest BCUT2D eigenvalue weighted by Crippen LogP contribution is -2.31. The SMILES string of the molecule is Cc1ncc(-c2ccccn2)c(-c2ccc(CNC(=O)C3CC(=O)N(C)C3)cc2)n1. The van der Waals surface area contributed by atoms with E-state index in [2.05, 4.69) is 20.3 Å². The summed E-state index contributed by atoms with van der Waals surface area (Å²) in [4.78, 5) is 38.9. The summed E-state index contributed by atoms with van der Waals surface area (Å²) in [5.41, 5.74) is 4.45. The molecule has 2 aromatic heterocycles. The molecule has 7 nitrogen and oxygen atoms in total. The van der Waals surface area contributed by atoms with Crippen molar-refractivity contribution in [3.8, 4) is 22.5 Å². The van der Waals surface area contributed by atoms with Crippen LogP contribution in [0.25, 0.3) is 22.5 Å². The molecule has 0 radical (unpaired) electrons. The quantitative estimate of drug-likeness (QED) is 0.710. The van der Waals surface area contributed by atoms with Crippen molar-refractivity contribution in [3.63, 3.8) is 0 Å². The minimum absolute atomic E-state index is 0.0170. The fourth-order valence-corrected chi connectivity index (χ4v) is 3.55. The van der Waals surface area contributed by atoms with Crippen LogP contribution in [0.2, 0.25) is 0 Å². The lowest BCUT2D eigenvalue weighted by Gasteiger charge is -2.12. The van der Waals surface area contributed by atoms with E-state index in [-0.39, 0.29) is 24.2 Å². The first-order chi connectivity index (χ1) is 14.5. The number of aromatic nitrogens is 3. The van der Waals surface area contributed by atoms with E-state index >= 15 is 0 Å². The maximum atomic E-state index is 12.3. The molecule has 152 valence electrons. The number of likely N-dealkylation sites (tertiary alicyclic amines) is 1. The maximum absolute atomic E-state index is 12.3. The second-order valence-corrected chi connectivity index (χ2v) is 7.48. The van der Waals surface area contributed by atoms with Crippen LogP contribution in [-0.2, 0) is 16.1 Å². The molecule has 7 heteroatoms. The molecular formula is C23H23N5O2. The monoisotopic (exact) mass is 401 g/mol. The number of rotatable bonds is 5. The Balaban J connectivity index is 1.49. The van der Waals surface area contributed by atoms with E-state index in [0.717, 1.165) is 28.1 Å². The lowest BCUT2D eigenvalue weighted by atomic mass is 10.0. The lowest BCUT2D eigenvalue weighted by molar-refractivity contribution is -0.128. The minimum Gasteiger partial charge on any atom is -0.352 e. The molecule has 1 fully saturated rings. The molecule has 1 saturated heterocycles. The van der Waals surface area contributed by atoms with Gasteiger partial charge in [0.2, 0.25) is 11.8 Å². The molecule has 1 N–H and O–H groups in total. The van der Waals surface area contributed by atoms with E-state index in [9.17, 15) is 9.59 Å². The fourth-order valence-electron chi connectivity index (χ4n) is 3.55. The van der Waals surface area contributed by atoms with Crippen LogP contribution in [0.15, 0.2) is 54.9 Å². The zero-order chi connectivity index (χ0) is 21.1. The van der Waals surface area contributed by atoms with Gasteiger partial charge in [-0.25, -0.2) is 9.97 Å². The van der Waals surface area contributed by atoms with Crippen molar-refractivity contribution in [2.75, 3.05) is 13.6 Å². The van der Waals surface area contributed by atoms with Crippen molar-refractivity contribution in [1.82, 2.24) is 25.2 Å². The standard InChI is InChI=1S/C23H23N5O2/c1-15-25-13-19(20-5-3-4-10-24-20)22(27-15)17-8-6-16(7-9-17)12-26-23(30)18-11-21(29)28(2)14-18/h3-10,13,18H,11-12,14H2,1-2H3,(H,26,30). The van der Waals surface area contributed by atoms with Gasteiger partial charge >= 0.3 is 0 Å². The zero-order valence-electron chi connectivity index (χ0n) is 17.0. The van der Waals surface area contributed by atoms with Crippen LogP contribution in [0.4, 0.5) is 0 Å². The highest BCUT2D eigenvalue weighted by atomic mass is 16.2. The highest BCUT2D eigenvalue weighted by Gasteiger charge is 2.31. The van der Waals surface area contributed by atoms with Gasteiger partial charge in [0.15, 0.2) is 0 Å². The van der Waals surface area contributed by atoms with E-state index < -0.39 is 0 Å². The predicted molar refractivity (Wildman–Crippen MR) is 113 cm³/mol. The van der Waals surface area contributed by atoms with Gasteiger partial charge < -0.3 is 10.2 Å². The first-order valence-electron chi connectivity index (χ1n) is 9.87. The second-order valence-electron chi connectivity index (χ2n) is 7.48. The summed E-state index contributed by atoms with van der Waals surface area (Å²) in [5, 5.41) is 2.93. The first kappa shape index (κ1) is 19.7. The van der Waals surface area contributed by atoms with Crippen molar-refractivity contribution in [1.29, 1.82) is 0 Å². The summed E-state index contributed by atoms with van der Waals surface area (Å²) in [6.07, 6.45) is 3.83. The molecule has 3 aromatic rings. The van der Waals surface area contributed by atoms with Gasteiger partial charge in [-0.1, -0.05) is 30.3 Å². The molecule has 30 heavy (non-hydrogen) atoms. The number of carbonyl (C=O) groups excluding carboxylic acids is 2. The third kappa shape index (κ3) is 4.20. The van der Waals surface area contributed by atoms with Crippen LogP contribution in [-0.4, -0.2) is 45.3 Å². The molecule has 1 aliphatic rings. The molecule has 1 aromatic carbocycles. The van der Waals surface area contributed by atoms with Crippen molar-refractivity contribution >= 4 is 11.8 Å². The largest absolute Gasteiger partial charge is 0.352 e. The van der Waals surface area contributed by atoms with E-state index in [1.807, 2.05) is 49.4 Å². The molecule has 2 amide bonds. The predicted octanol–water partition coefficient (Wildman–Crippen LogP) is 2.61. The van der Waals surface area contributed by atoms with Crippen LogP contribution in [0.3, 0.4) is 0 Å². The molecule has 0 bridgehead atoms. The van der Waals surface area contributed by atoms with Gasteiger partial charge in [-0.2, -0.15) is 0 Å². The molecular weight excluding hydrogens is 378 g/mol. The van der Waals surface area contributed by atoms with Crippen LogP contribution in [0, 0.1) is 12.8 Å². The Hall–Kier alpha value is -3.61. The van der Waals surface area contributed by atoms with Crippen LogP contribution >= 0.6 is 0 Å². The smallest absolute Gasteiger partial charge is 0.225 e. The van der Waals surface area contributed by atoms with Gasteiger partial charge in [0.1, 0.15) is 5.82 Å². The highest BCUT2D eigenvalue weighted by Crippen LogP contribution is 2.29. The molecule has 0 spiro atoms. The van der Waals surface area contributed by atoms with Crippen molar-refractivity contribution in [3.05, 3.63) is 66.2 Å². The summed E-state index contributed by atoms with van der Waals surface area (Å²) in [5.74, 6) is 0.354. The summed E-state index contributed by atoms with van der Waals surface area (Å²) >= 11 is 0. The number of nitrogens with one attached hydrogen (secondary N) is 1. The number of pyridine rings is 1. The van der Waals surface area contributed by atoms with E-state index in [0.29, 0.717) is 18.9 Å². The third-order valence-electron chi connectivity index (χ3n) is 5.26. The van der Waals surface area contributed by atoms with E-state index in [1.165, 1.54) is 0 Å². The topological polar surface area (TPSA) is 88.1 Å². The number of amides is 2. The Labute approximate surface area is 175 Å². The number of hydrogen-bond acceptors (Lipinski definition) is 5. The number of benzene rings is 1. The molecule has 1 aliphatic heterocycles. The number of carbonyl (C=O) groups is 2. The summed E-state index contributed by atoms with van der Waals surface area (Å²) < 4.78 is 0. The summed E-state index contributed by atoms with van der Waals surface area (Å²) in [6, 6.07) is 13.7. The van der Waals surface area contributed by atoms with Crippen molar-refractivity contribution in [2.45, 2.75) is 19.9 Å². The Kier molecular flexibility index (Phi) is 5.52. The van der Waals surface area contributed by atoms with Gasteiger partial charge in [-0.15, -0.1) is 0 Å². The van der Waals surface area contributed by atoms with Gasteiger partial charge in [0.25, 0.3) is 0 Å². The van der Waals surface area contributed by atoms with Crippen molar-refractivity contribution in [2.24, 2.45) is 5.92 Å². The summed E-state index contributed by atoms with van der Waals surface area (Å²) in [6.45, 7) is 2.76. The van der Waals surface area contributed by atoms with Crippen LogP contribution < -0.4 is 5.32 Å². The summed E-state index contributed by atoms with van der Waals surface area (Å²) in [7, 11) is 1.72. The number of nitrogens with zero attached hydrogens (tertiary/aromatic N) is 4. The van der Waals surface area contributed by atoms with Gasteiger partial charge in [-0.3, -0.25) is 14.6 Å². The van der Waals surface area contributed by atoms with Crippen LogP contribution in [0.1, 0.15) is 17.8 Å². The average Bonchev–Trinajstić information content (AvgIpc) is 3.11. The van der Waals surface area contributed by atoms with E-state index in [1.54, 1.807) is 24.3 Å². The molecule has 4 rings (SSSR count). The van der Waals surface area contributed by atoms with Gasteiger partial charge in [0.05, 0.1) is 17.3 Å². The molecule has 0 aliphatic carbocycles. The first-order valence-corrected chi connectivity index (χ1v) is 9.87. The zero-order valence-corrected chi connectivity index (χ0v) is 17.0. The van der Waals surface area contributed by atoms with Gasteiger partial charge in [-0.05, 0) is 24.6 Å². The van der Waals surface area contributed by atoms with Crippen LogP contribution in [0.5, 0.6) is 0 Å². The van der Waals surface area contributed by atoms with Gasteiger partial charge in [0, 0.05) is 50.1 Å². The third-order valence-corrected chi connectivity index (χ3v) is 5.26. The maximum Gasteiger partial charge on any atom is 0.225 e. The number of aryl methyl sites for hydroxylation is 1.